The molecule has 1 N–H and O–H groups in total. The van der Waals surface area contributed by atoms with Gasteiger partial charge >= 0.3 is 0 Å². The largest absolute Gasteiger partial charge is 0.347 e. The third kappa shape index (κ3) is 4.76. The fourth-order valence-electron chi connectivity index (χ4n) is 3.17. The number of sulfonamides is 1. The fourth-order valence-corrected chi connectivity index (χ4v) is 4.98. The number of hydrogen-bond acceptors (Lipinski definition) is 3. The van der Waals surface area contributed by atoms with Crippen LogP contribution >= 0.6 is 0 Å². The molecule has 27 heavy (non-hydrogen) atoms. The molecule has 0 bridgehead atoms. The molecule has 2 rings (SSSR count). The van der Waals surface area contributed by atoms with E-state index in [1.54, 1.807) is 27.9 Å². The van der Waals surface area contributed by atoms with E-state index in [9.17, 15) is 13.2 Å². The highest BCUT2D eigenvalue weighted by Crippen LogP contribution is 2.26. The van der Waals surface area contributed by atoms with E-state index in [0.717, 1.165) is 16.7 Å². The molecule has 0 aliphatic carbocycles. The number of likely N-dealkylation sites (N-methyl/N-ethyl adjacent to an activating group) is 1. The Morgan fingerprint density at radius 3 is 2.00 bits per heavy atom. The molecule has 0 aliphatic heterocycles. The third-order valence-corrected chi connectivity index (χ3v) is 6.63. The van der Waals surface area contributed by atoms with Gasteiger partial charge in [0.25, 0.3) is 0 Å². The van der Waals surface area contributed by atoms with Crippen LogP contribution in [0, 0.1) is 27.7 Å². The molecule has 0 aliphatic rings. The first-order chi connectivity index (χ1) is 12.5. The van der Waals surface area contributed by atoms with Gasteiger partial charge < -0.3 is 4.90 Å². The van der Waals surface area contributed by atoms with Gasteiger partial charge in [0.1, 0.15) is 6.04 Å². The highest BCUT2D eigenvalue weighted by Gasteiger charge is 2.29. The molecule has 0 aromatic heterocycles. The van der Waals surface area contributed by atoms with Crippen LogP contribution in [0.2, 0.25) is 0 Å². The number of aryl methyl sites for hydroxylation is 2. The minimum absolute atomic E-state index is 0.268. The number of carbonyl (C=O) groups excluding carboxylic acids is 1. The van der Waals surface area contributed by atoms with E-state index in [1.807, 2.05) is 50.2 Å². The Labute approximate surface area is 162 Å². The van der Waals surface area contributed by atoms with Crippen molar-refractivity contribution in [2.45, 2.75) is 45.1 Å². The van der Waals surface area contributed by atoms with Crippen molar-refractivity contribution in [3.8, 4) is 0 Å². The maximum Gasteiger partial charge on any atom is 0.241 e. The lowest BCUT2D eigenvalue weighted by atomic mass is 10.0. The number of amides is 1. The lowest BCUT2D eigenvalue weighted by Crippen LogP contribution is -2.47. The molecule has 146 valence electrons. The Balaban J connectivity index is 2.46. The van der Waals surface area contributed by atoms with Crippen LogP contribution in [0.25, 0.3) is 0 Å². The Bertz CT molecular complexity index is 909. The molecule has 1 atom stereocenters. The summed E-state index contributed by atoms with van der Waals surface area (Å²) in [6.07, 6.45) is 0.292. The summed E-state index contributed by atoms with van der Waals surface area (Å²) < 4.78 is 29.1. The Morgan fingerprint density at radius 1 is 1.00 bits per heavy atom. The summed E-state index contributed by atoms with van der Waals surface area (Å²) in [5.74, 6) is -0.276. The van der Waals surface area contributed by atoms with Crippen molar-refractivity contribution in [1.82, 2.24) is 9.62 Å². The molecule has 5 nitrogen and oxygen atoms in total. The molecular formula is C21H28N2O3S. The molecular weight excluding hydrogens is 360 g/mol. The van der Waals surface area contributed by atoms with Crippen LogP contribution < -0.4 is 4.72 Å². The molecule has 0 saturated heterocycles. The number of rotatable bonds is 6. The van der Waals surface area contributed by atoms with Crippen LogP contribution in [-0.4, -0.2) is 39.4 Å². The molecule has 6 heteroatoms. The number of hydrogen-bond donors (Lipinski definition) is 1. The van der Waals surface area contributed by atoms with Gasteiger partial charge in [-0.15, -0.1) is 0 Å². The molecule has 1 unspecified atom stereocenters. The van der Waals surface area contributed by atoms with E-state index >= 15 is 0 Å². The zero-order chi connectivity index (χ0) is 20.4. The van der Waals surface area contributed by atoms with Crippen molar-refractivity contribution < 1.29 is 13.2 Å². The second kappa shape index (κ2) is 8.23. The van der Waals surface area contributed by atoms with E-state index in [1.165, 1.54) is 4.90 Å². The van der Waals surface area contributed by atoms with Crippen LogP contribution in [0.3, 0.4) is 0 Å². The van der Waals surface area contributed by atoms with Gasteiger partial charge in [-0.05, 0) is 61.9 Å². The van der Waals surface area contributed by atoms with E-state index < -0.39 is 16.1 Å². The Kier molecular flexibility index (Phi) is 6.44. The summed E-state index contributed by atoms with van der Waals surface area (Å²) in [7, 11) is -0.608. The molecule has 2 aromatic carbocycles. The van der Waals surface area contributed by atoms with Crippen molar-refractivity contribution in [3.05, 3.63) is 64.2 Å². The van der Waals surface area contributed by atoms with Gasteiger partial charge in [0.15, 0.2) is 0 Å². The van der Waals surface area contributed by atoms with Gasteiger partial charge in [-0.2, -0.15) is 4.72 Å². The van der Waals surface area contributed by atoms with Gasteiger partial charge in [-0.3, -0.25) is 4.79 Å². The average Bonchev–Trinajstić information content (AvgIpc) is 2.59. The van der Waals surface area contributed by atoms with Crippen molar-refractivity contribution in [1.29, 1.82) is 0 Å². The summed E-state index contributed by atoms with van der Waals surface area (Å²) in [5.41, 5.74) is 4.14. The van der Waals surface area contributed by atoms with Crippen molar-refractivity contribution in [2.24, 2.45) is 0 Å². The fraction of sp³-hybridized carbons (Fsp3) is 0.381. The number of nitrogens with one attached hydrogen (secondary N) is 1. The quantitative estimate of drug-likeness (QED) is 0.827. The normalized spacial score (nSPS) is 12.7. The first kappa shape index (κ1) is 21.1. The Morgan fingerprint density at radius 2 is 1.52 bits per heavy atom. The minimum atomic E-state index is -3.86. The number of benzene rings is 2. The number of nitrogens with zero attached hydrogens (tertiary/aromatic N) is 1. The van der Waals surface area contributed by atoms with E-state index in [-0.39, 0.29) is 10.8 Å². The summed E-state index contributed by atoms with van der Waals surface area (Å²) in [6.45, 7) is 7.40. The van der Waals surface area contributed by atoms with Gasteiger partial charge in [-0.1, -0.05) is 36.4 Å². The predicted octanol–water partition coefficient (Wildman–Crippen LogP) is 2.90. The number of carbonyl (C=O) groups is 1. The topological polar surface area (TPSA) is 66.5 Å². The highest BCUT2D eigenvalue weighted by molar-refractivity contribution is 7.89. The second-order valence-electron chi connectivity index (χ2n) is 7.19. The monoisotopic (exact) mass is 388 g/mol. The maximum atomic E-state index is 13.2. The van der Waals surface area contributed by atoms with Gasteiger partial charge in [0.2, 0.25) is 15.9 Å². The molecule has 0 fully saturated rings. The molecule has 0 radical (unpaired) electrons. The van der Waals surface area contributed by atoms with E-state index in [4.69, 9.17) is 0 Å². The first-order valence-electron chi connectivity index (χ1n) is 8.89. The Hall–Kier alpha value is -2.18. The van der Waals surface area contributed by atoms with Crippen LogP contribution in [0.15, 0.2) is 41.3 Å². The molecule has 1 amide bonds. The van der Waals surface area contributed by atoms with Crippen LogP contribution in [0.4, 0.5) is 0 Å². The van der Waals surface area contributed by atoms with E-state index in [0.29, 0.717) is 17.5 Å². The predicted molar refractivity (Wildman–Crippen MR) is 108 cm³/mol. The molecule has 0 saturated carbocycles. The lowest BCUT2D eigenvalue weighted by Gasteiger charge is -2.23. The summed E-state index contributed by atoms with van der Waals surface area (Å²) in [6, 6.07) is 10.5. The third-order valence-electron chi connectivity index (χ3n) is 4.88. The molecule has 0 heterocycles. The zero-order valence-corrected chi connectivity index (χ0v) is 17.6. The van der Waals surface area contributed by atoms with Crippen LogP contribution in [0.5, 0.6) is 0 Å². The van der Waals surface area contributed by atoms with Gasteiger partial charge in [0.05, 0.1) is 4.90 Å². The van der Waals surface area contributed by atoms with E-state index in [2.05, 4.69) is 4.72 Å². The van der Waals surface area contributed by atoms with Gasteiger partial charge in [0, 0.05) is 14.1 Å². The molecule has 2 aromatic rings. The second-order valence-corrected chi connectivity index (χ2v) is 8.84. The van der Waals surface area contributed by atoms with Crippen molar-refractivity contribution in [3.63, 3.8) is 0 Å². The SMILES string of the molecule is Cc1cc(C)c(C)c(S(=O)(=O)NC(Cc2ccccc2)C(=O)N(C)C)c1C. The average molecular weight is 389 g/mol. The summed E-state index contributed by atoms with van der Waals surface area (Å²) >= 11 is 0. The summed E-state index contributed by atoms with van der Waals surface area (Å²) in [5, 5.41) is 0. The lowest BCUT2D eigenvalue weighted by molar-refractivity contribution is -0.130. The summed E-state index contributed by atoms with van der Waals surface area (Å²) in [4.78, 5) is 14.3. The standard InChI is InChI=1S/C21H28N2O3S/c1-14-12-15(2)17(4)20(16(14)3)27(25,26)22-19(21(24)23(5)6)13-18-10-8-7-9-11-18/h7-12,19,22H,13H2,1-6H3. The van der Waals surface area contributed by atoms with Crippen molar-refractivity contribution >= 4 is 15.9 Å². The first-order valence-corrected chi connectivity index (χ1v) is 10.4. The minimum Gasteiger partial charge on any atom is -0.347 e. The van der Waals surface area contributed by atoms with Crippen LogP contribution in [0.1, 0.15) is 27.8 Å². The maximum absolute atomic E-state index is 13.2. The molecule has 0 spiro atoms. The smallest absolute Gasteiger partial charge is 0.241 e. The van der Waals surface area contributed by atoms with Crippen molar-refractivity contribution in [2.75, 3.05) is 14.1 Å². The van der Waals surface area contributed by atoms with Gasteiger partial charge in [-0.25, -0.2) is 8.42 Å². The zero-order valence-electron chi connectivity index (χ0n) is 16.8. The van der Waals surface area contributed by atoms with Crippen LogP contribution in [-0.2, 0) is 21.2 Å². The highest BCUT2D eigenvalue weighted by atomic mass is 32.2.